The van der Waals surface area contributed by atoms with Crippen molar-refractivity contribution in [2.24, 2.45) is 0 Å². The van der Waals surface area contributed by atoms with E-state index >= 15 is 0 Å². The molecule has 1 aromatic heterocycles. The van der Waals surface area contributed by atoms with Crippen molar-refractivity contribution in [1.29, 1.82) is 0 Å². The van der Waals surface area contributed by atoms with E-state index in [1.54, 1.807) is 22.8 Å². The molecule has 3 rings (SSSR count). The number of fused-ring (bicyclic) bond motifs is 1. The van der Waals surface area contributed by atoms with Crippen LogP contribution in [0.4, 0.5) is 5.69 Å². The van der Waals surface area contributed by atoms with E-state index in [9.17, 15) is 9.59 Å². The van der Waals surface area contributed by atoms with Gasteiger partial charge in [0.05, 0.1) is 35.8 Å². The number of hydrogen-bond donors (Lipinski definition) is 2. The first-order chi connectivity index (χ1) is 14.9. The predicted octanol–water partition coefficient (Wildman–Crippen LogP) is 4.93. The summed E-state index contributed by atoms with van der Waals surface area (Å²) in [5.74, 6) is 0.804. The molecule has 0 aliphatic carbocycles. The van der Waals surface area contributed by atoms with Crippen molar-refractivity contribution in [2.75, 3.05) is 19.5 Å². The number of unbranched alkanes of at least 4 members (excludes halogenated alkanes) is 2. The lowest BCUT2D eigenvalue weighted by Crippen LogP contribution is -2.22. The number of nitrogens with one attached hydrogen (secondary N) is 2. The van der Waals surface area contributed by atoms with Crippen molar-refractivity contribution in [3.63, 3.8) is 0 Å². The molecule has 0 unspecified atom stereocenters. The van der Waals surface area contributed by atoms with Crippen LogP contribution in [0.3, 0.4) is 0 Å². The van der Waals surface area contributed by atoms with Crippen molar-refractivity contribution in [3.8, 4) is 11.5 Å². The molecule has 9 heteroatoms. The molecule has 1 heterocycles. The minimum atomic E-state index is -0.139. The normalized spacial score (nSPS) is 10.8. The number of nitrogens with zero attached hydrogens (tertiary/aromatic N) is 1. The zero-order chi connectivity index (χ0) is 22.4. The van der Waals surface area contributed by atoms with Crippen LogP contribution in [-0.2, 0) is 11.3 Å². The molecule has 0 aliphatic rings. The number of H-pyrrole nitrogens is 1. The number of benzene rings is 2. The fourth-order valence-electron chi connectivity index (χ4n) is 3.30. The van der Waals surface area contributed by atoms with Gasteiger partial charge in [0.15, 0.2) is 4.77 Å². The van der Waals surface area contributed by atoms with Gasteiger partial charge in [-0.05, 0) is 43.3 Å². The van der Waals surface area contributed by atoms with Crippen LogP contribution in [-0.4, -0.2) is 29.7 Å². The first kappa shape index (κ1) is 22.8. The van der Waals surface area contributed by atoms with Crippen LogP contribution in [0.1, 0.15) is 25.7 Å². The number of carbonyl (C=O) groups excluding carboxylic acids is 1. The maximum Gasteiger partial charge on any atom is 0.262 e. The molecular weight excluding hydrogens is 438 g/mol. The predicted molar refractivity (Wildman–Crippen MR) is 125 cm³/mol. The van der Waals surface area contributed by atoms with Crippen molar-refractivity contribution in [1.82, 2.24) is 9.55 Å². The van der Waals surface area contributed by atoms with Gasteiger partial charge in [0.25, 0.3) is 5.56 Å². The monoisotopic (exact) mass is 461 g/mol. The van der Waals surface area contributed by atoms with E-state index in [0.717, 1.165) is 18.4 Å². The van der Waals surface area contributed by atoms with Crippen molar-refractivity contribution in [2.45, 2.75) is 32.2 Å². The Labute approximate surface area is 190 Å². The van der Waals surface area contributed by atoms with E-state index in [1.165, 1.54) is 14.2 Å². The number of anilines is 1. The zero-order valence-electron chi connectivity index (χ0n) is 17.4. The third-order valence-corrected chi connectivity index (χ3v) is 5.54. The number of ether oxygens (including phenoxy) is 2. The smallest absolute Gasteiger partial charge is 0.262 e. The second-order valence-electron chi connectivity index (χ2n) is 6.98. The Morgan fingerprint density at radius 1 is 1.13 bits per heavy atom. The van der Waals surface area contributed by atoms with E-state index in [2.05, 4.69) is 10.3 Å². The van der Waals surface area contributed by atoms with Crippen LogP contribution in [0.2, 0.25) is 5.02 Å². The fourth-order valence-corrected chi connectivity index (χ4v) is 3.83. The number of halogens is 1. The lowest BCUT2D eigenvalue weighted by molar-refractivity contribution is -0.116. The lowest BCUT2D eigenvalue weighted by atomic mass is 10.1. The molecule has 31 heavy (non-hydrogen) atoms. The van der Waals surface area contributed by atoms with E-state index in [4.69, 9.17) is 33.3 Å². The van der Waals surface area contributed by atoms with Crippen LogP contribution >= 0.6 is 23.8 Å². The summed E-state index contributed by atoms with van der Waals surface area (Å²) in [5, 5.41) is 3.82. The molecule has 0 radical (unpaired) electrons. The van der Waals surface area contributed by atoms with Gasteiger partial charge in [-0.1, -0.05) is 30.2 Å². The Hall–Kier alpha value is -2.84. The number of aromatic nitrogens is 2. The van der Waals surface area contributed by atoms with Crippen molar-refractivity contribution < 1.29 is 14.3 Å². The highest BCUT2D eigenvalue weighted by atomic mass is 35.5. The quantitative estimate of drug-likeness (QED) is 0.348. The van der Waals surface area contributed by atoms with Crippen molar-refractivity contribution >= 4 is 46.3 Å². The maximum atomic E-state index is 12.6. The number of aromatic amines is 1. The van der Waals surface area contributed by atoms with Gasteiger partial charge in [-0.15, -0.1) is 0 Å². The maximum absolute atomic E-state index is 12.6. The van der Waals surface area contributed by atoms with E-state index in [0.29, 0.717) is 51.8 Å². The molecule has 0 fully saturated rings. The molecule has 0 saturated heterocycles. The molecular formula is C22H24ClN3O4S. The van der Waals surface area contributed by atoms with E-state index in [1.807, 2.05) is 18.2 Å². The Bertz CT molecular complexity index is 1210. The van der Waals surface area contributed by atoms with Gasteiger partial charge in [-0.25, -0.2) is 0 Å². The SMILES string of the molecule is COc1cc(OC)c(NC(=O)CCCCCn2c(=S)[nH]c3ccccc3c2=O)cc1Cl. The summed E-state index contributed by atoms with van der Waals surface area (Å²) in [6.07, 6.45) is 2.53. The van der Waals surface area contributed by atoms with Gasteiger partial charge >= 0.3 is 0 Å². The average Bonchev–Trinajstić information content (AvgIpc) is 2.75. The molecule has 0 saturated carbocycles. The Kier molecular flexibility index (Phi) is 7.70. The summed E-state index contributed by atoms with van der Waals surface area (Å²) in [7, 11) is 3.02. The summed E-state index contributed by atoms with van der Waals surface area (Å²) in [5.41, 5.74) is 1.13. The number of amides is 1. The highest BCUT2D eigenvalue weighted by molar-refractivity contribution is 7.71. The van der Waals surface area contributed by atoms with Gasteiger partial charge < -0.3 is 19.8 Å². The molecule has 0 spiro atoms. The Morgan fingerprint density at radius 2 is 1.87 bits per heavy atom. The van der Waals surface area contributed by atoms with Crippen LogP contribution in [0.15, 0.2) is 41.2 Å². The number of rotatable bonds is 9. The highest BCUT2D eigenvalue weighted by Gasteiger charge is 2.12. The third-order valence-electron chi connectivity index (χ3n) is 4.92. The van der Waals surface area contributed by atoms with Gasteiger partial charge in [0, 0.05) is 19.0 Å². The number of methoxy groups -OCH3 is 2. The van der Waals surface area contributed by atoms with E-state index < -0.39 is 0 Å². The second kappa shape index (κ2) is 10.5. The molecule has 0 bridgehead atoms. The van der Waals surface area contributed by atoms with E-state index in [-0.39, 0.29) is 11.5 Å². The topological polar surface area (TPSA) is 85.3 Å². The summed E-state index contributed by atoms with van der Waals surface area (Å²) in [4.78, 5) is 28.0. The van der Waals surface area contributed by atoms with Gasteiger partial charge in [0.1, 0.15) is 11.5 Å². The van der Waals surface area contributed by atoms with Crippen LogP contribution in [0.25, 0.3) is 10.9 Å². The highest BCUT2D eigenvalue weighted by Crippen LogP contribution is 2.35. The second-order valence-corrected chi connectivity index (χ2v) is 7.77. The van der Waals surface area contributed by atoms with Crippen molar-refractivity contribution in [3.05, 3.63) is 56.5 Å². The number of hydrogen-bond acceptors (Lipinski definition) is 5. The number of carbonyl (C=O) groups is 1. The molecule has 1 amide bonds. The minimum Gasteiger partial charge on any atom is -0.495 e. The molecule has 2 N–H and O–H groups in total. The van der Waals surface area contributed by atoms with Crippen LogP contribution < -0.4 is 20.3 Å². The third kappa shape index (κ3) is 5.45. The van der Waals surface area contributed by atoms with Gasteiger partial charge in [-0.2, -0.15) is 0 Å². The largest absolute Gasteiger partial charge is 0.495 e. The number of para-hydroxylation sites is 1. The molecule has 7 nitrogen and oxygen atoms in total. The molecule has 2 aromatic carbocycles. The first-order valence-corrected chi connectivity index (χ1v) is 10.7. The zero-order valence-corrected chi connectivity index (χ0v) is 18.9. The van der Waals surface area contributed by atoms with Gasteiger partial charge in [0.2, 0.25) is 5.91 Å². The van der Waals surface area contributed by atoms with Crippen LogP contribution in [0, 0.1) is 4.77 Å². The average molecular weight is 462 g/mol. The Balaban J connectivity index is 1.52. The minimum absolute atomic E-state index is 0.0967. The lowest BCUT2D eigenvalue weighted by Gasteiger charge is -2.13. The summed E-state index contributed by atoms with van der Waals surface area (Å²) >= 11 is 11.5. The summed E-state index contributed by atoms with van der Waals surface area (Å²) in [6, 6.07) is 10.5. The van der Waals surface area contributed by atoms with Crippen LogP contribution in [0.5, 0.6) is 11.5 Å². The first-order valence-electron chi connectivity index (χ1n) is 9.88. The molecule has 0 aliphatic heterocycles. The standard InChI is InChI=1S/C22H24ClN3O4S/c1-29-18-13-19(30-2)17(12-15(18)23)24-20(27)10-4-3-7-11-26-21(28)14-8-5-6-9-16(14)25-22(26)31/h5-6,8-9,12-13H,3-4,7,10-11H2,1-2H3,(H,24,27)(H,25,31). The molecule has 3 aromatic rings. The molecule has 0 atom stereocenters. The van der Waals surface area contributed by atoms with Gasteiger partial charge in [-0.3, -0.25) is 14.2 Å². The Morgan fingerprint density at radius 3 is 2.61 bits per heavy atom. The summed E-state index contributed by atoms with van der Waals surface area (Å²) < 4.78 is 12.4. The fraction of sp³-hybridized carbons (Fsp3) is 0.318. The molecule has 164 valence electrons. The summed E-state index contributed by atoms with van der Waals surface area (Å²) in [6.45, 7) is 0.503.